The van der Waals surface area contributed by atoms with Crippen molar-refractivity contribution in [3.8, 4) is 0 Å². The van der Waals surface area contributed by atoms with Crippen molar-refractivity contribution in [2.75, 3.05) is 29.1 Å². The molecule has 0 aromatic heterocycles. The van der Waals surface area contributed by atoms with E-state index < -0.39 is 0 Å². The Morgan fingerprint density at radius 1 is 1.06 bits per heavy atom. The number of para-hydroxylation sites is 2. The van der Waals surface area contributed by atoms with Gasteiger partial charge in [0.25, 0.3) is 5.91 Å². The van der Waals surface area contributed by atoms with Gasteiger partial charge >= 0.3 is 0 Å². The van der Waals surface area contributed by atoms with E-state index in [9.17, 15) is 14.4 Å². The molecule has 0 saturated carbocycles. The first-order valence-corrected chi connectivity index (χ1v) is 11.7. The van der Waals surface area contributed by atoms with Crippen LogP contribution in [0.2, 0.25) is 0 Å². The number of nitrogens with one attached hydrogen (secondary N) is 2. The highest BCUT2D eigenvalue weighted by Gasteiger charge is 2.30. The van der Waals surface area contributed by atoms with E-state index in [0.29, 0.717) is 22.6 Å². The fourth-order valence-electron chi connectivity index (χ4n) is 4.32. The number of nitrogens with zero attached hydrogens (tertiary/aromatic N) is 2. The van der Waals surface area contributed by atoms with Crippen LogP contribution >= 0.6 is 0 Å². The van der Waals surface area contributed by atoms with Gasteiger partial charge in [0.15, 0.2) is 0 Å². The zero-order valence-corrected chi connectivity index (χ0v) is 20.2. The number of amides is 3. The van der Waals surface area contributed by atoms with Gasteiger partial charge in [0, 0.05) is 29.8 Å². The molecular formula is C28H30N4O3. The van der Waals surface area contributed by atoms with Crippen LogP contribution in [0.4, 0.5) is 17.1 Å². The fraction of sp³-hybridized carbons (Fsp3) is 0.250. The maximum Gasteiger partial charge on any atom is 0.255 e. The highest BCUT2D eigenvalue weighted by atomic mass is 16.2. The Morgan fingerprint density at radius 2 is 1.77 bits per heavy atom. The van der Waals surface area contributed by atoms with Gasteiger partial charge in [-0.15, -0.1) is 0 Å². The van der Waals surface area contributed by atoms with Gasteiger partial charge in [-0.25, -0.2) is 0 Å². The van der Waals surface area contributed by atoms with Crippen molar-refractivity contribution in [3.63, 3.8) is 0 Å². The molecule has 3 aromatic rings. The molecule has 0 saturated heterocycles. The molecule has 35 heavy (non-hydrogen) atoms. The average Bonchev–Trinajstić information content (AvgIpc) is 2.98. The molecule has 4 rings (SSSR count). The molecule has 1 aliphatic heterocycles. The van der Waals surface area contributed by atoms with E-state index in [1.54, 1.807) is 17.0 Å². The van der Waals surface area contributed by atoms with Crippen molar-refractivity contribution < 1.29 is 14.4 Å². The van der Waals surface area contributed by atoms with E-state index in [-0.39, 0.29) is 42.8 Å². The number of hydrogen-bond donors (Lipinski definition) is 2. The van der Waals surface area contributed by atoms with Gasteiger partial charge in [-0.3, -0.25) is 19.3 Å². The van der Waals surface area contributed by atoms with Gasteiger partial charge in [-0.05, 0) is 62.9 Å². The van der Waals surface area contributed by atoms with E-state index in [2.05, 4.69) is 10.6 Å². The molecule has 7 heteroatoms. The van der Waals surface area contributed by atoms with Gasteiger partial charge < -0.3 is 15.5 Å². The lowest BCUT2D eigenvalue weighted by atomic mass is 10.1. The molecule has 0 radical (unpaired) electrons. The summed E-state index contributed by atoms with van der Waals surface area (Å²) in [6, 6.07) is 23.8. The Labute approximate surface area is 205 Å². The number of carbonyl (C=O) groups excluding carboxylic acids is 3. The van der Waals surface area contributed by atoms with E-state index in [1.165, 1.54) is 0 Å². The quantitative estimate of drug-likeness (QED) is 0.547. The molecule has 0 fully saturated rings. The Kier molecular flexibility index (Phi) is 7.27. The maximum absolute atomic E-state index is 13.4. The smallest absolute Gasteiger partial charge is 0.255 e. The van der Waals surface area contributed by atoms with Crippen LogP contribution in [-0.2, 0) is 9.59 Å². The number of hydrogen-bond acceptors (Lipinski definition) is 4. The van der Waals surface area contributed by atoms with Crippen molar-refractivity contribution in [2.45, 2.75) is 32.4 Å². The van der Waals surface area contributed by atoms with Gasteiger partial charge in [-0.2, -0.15) is 0 Å². The fourth-order valence-corrected chi connectivity index (χ4v) is 4.32. The number of rotatable bonds is 6. The second-order valence-electron chi connectivity index (χ2n) is 8.92. The van der Waals surface area contributed by atoms with E-state index in [1.807, 2.05) is 92.5 Å². The molecule has 2 N–H and O–H groups in total. The zero-order valence-electron chi connectivity index (χ0n) is 20.2. The van der Waals surface area contributed by atoms with Crippen LogP contribution in [0.15, 0.2) is 78.9 Å². The summed E-state index contributed by atoms with van der Waals surface area (Å²) in [6.07, 6.45) is 0.239. The minimum absolute atomic E-state index is 0.0789. The topological polar surface area (TPSA) is 81.8 Å². The summed E-state index contributed by atoms with van der Waals surface area (Å²) in [5.74, 6) is -0.350. The third-order valence-electron chi connectivity index (χ3n) is 6.34. The monoisotopic (exact) mass is 470 g/mol. The third kappa shape index (κ3) is 5.58. The number of benzene rings is 3. The molecule has 2 unspecified atom stereocenters. The van der Waals surface area contributed by atoms with Crippen molar-refractivity contribution in [2.24, 2.45) is 0 Å². The number of anilines is 3. The van der Waals surface area contributed by atoms with Gasteiger partial charge in [0.2, 0.25) is 11.8 Å². The predicted molar refractivity (Wildman–Crippen MR) is 139 cm³/mol. The third-order valence-corrected chi connectivity index (χ3v) is 6.34. The zero-order chi connectivity index (χ0) is 24.9. The summed E-state index contributed by atoms with van der Waals surface area (Å²) in [7, 11) is 1.90. The van der Waals surface area contributed by atoms with Crippen LogP contribution in [-0.4, -0.2) is 42.3 Å². The molecule has 3 aromatic carbocycles. The number of carbonyl (C=O) groups is 3. The van der Waals surface area contributed by atoms with Crippen molar-refractivity contribution >= 4 is 34.8 Å². The Bertz CT molecular complexity index is 1230. The summed E-state index contributed by atoms with van der Waals surface area (Å²) in [5, 5.41) is 5.83. The molecule has 0 bridgehead atoms. The average molecular weight is 471 g/mol. The summed E-state index contributed by atoms with van der Waals surface area (Å²) < 4.78 is 0. The first-order chi connectivity index (χ1) is 16.8. The predicted octanol–water partition coefficient (Wildman–Crippen LogP) is 4.70. The number of fused-ring (bicyclic) bond motifs is 1. The van der Waals surface area contributed by atoms with Crippen LogP contribution in [0.25, 0.3) is 0 Å². The summed E-state index contributed by atoms with van der Waals surface area (Å²) >= 11 is 0. The largest absolute Gasteiger partial charge is 0.324 e. The summed E-state index contributed by atoms with van der Waals surface area (Å²) in [5.41, 5.74) is 3.62. The van der Waals surface area contributed by atoms with Gasteiger partial charge in [0.1, 0.15) is 0 Å². The lowest BCUT2D eigenvalue weighted by Gasteiger charge is -2.31. The molecule has 0 aliphatic carbocycles. The van der Waals surface area contributed by atoms with Crippen molar-refractivity contribution in [3.05, 3.63) is 90.0 Å². The van der Waals surface area contributed by atoms with Crippen LogP contribution in [0, 0.1) is 0 Å². The van der Waals surface area contributed by atoms with Crippen LogP contribution < -0.4 is 15.5 Å². The number of likely N-dealkylation sites (N-methyl/N-ethyl adjacent to an activating group) is 1. The van der Waals surface area contributed by atoms with Crippen LogP contribution in [0.3, 0.4) is 0 Å². The van der Waals surface area contributed by atoms with E-state index in [4.69, 9.17) is 0 Å². The Hall–Kier alpha value is -3.97. The van der Waals surface area contributed by atoms with Crippen molar-refractivity contribution in [1.29, 1.82) is 0 Å². The highest BCUT2D eigenvalue weighted by molar-refractivity contribution is 6.05. The van der Waals surface area contributed by atoms with Crippen molar-refractivity contribution in [1.82, 2.24) is 4.90 Å². The SMILES string of the molecule is CC(c1cccc(NC(=O)c2ccccc2)c1)N(C)CC(=O)N1c2ccccc2NC(=O)CC1C. The molecule has 7 nitrogen and oxygen atoms in total. The van der Waals surface area contributed by atoms with Crippen LogP contribution in [0.1, 0.15) is 42.2 Å². The molecule has 0 spiro atoms. The van der Waals surface area contributed by atoms with E-state index >= 15 is 0 Å². The molecule has 1 heterocycles. The second-order valence-corrected chi connectivity index (χ2v) is 8.92. The lowest BCUT2D eigenvalue weighted by molar-refractivity contribution is -0.120. The molecular weight excluding hydrogens is 440 g/mol. The minimum Gasteiger partial charge on any atom is -0.324 e. The summed E-state index contributed by atoms with van der Waals surface area (Å²) in [4.78, 5) is 41.9. The lowest BCUT2D eigenvalue weighted by Crippen LogP contribution is -2.44. The molecule has 2 atom stereocenters. The highest BCUT2D eigenvalue weighted by Crippen LogP contribution is 2.32. The first-order valence-electron chi connectivity index (χ1n) is 11.7. The van der Waals surface area contributed by atoms with Gasteiger partial charge in [0.05, 0.1) is 17.9 Å². The Morgan fingerprint density at radius 3 is 2.54 bits per heavy atom. The molecule has 180 valence electrons. The van der Waals surface area contributed by atoms with E-state index in [0.717, 1.165) is 5.56 Å². The standard InChI is InChI=1S/C28H30N4O3/c1-19-16-26(33)30-24-14-7-8-15-25(24)32(19)27(34)18-31(3)20(2)22-12-9-13-23(17-22)29-28(35)21-10-5-4-6-11-21/h4-15,17,19-20H,16,18H2,1-3H3,(H,29,35)(H,30,33). The van der Waals surface area contributed by atoms with Gasteiger partial charge in [-0.1, -0.05) is 42.5 Å². The second kappa shape index (κ2) is 10.5. The first kappa shape index (κ1) is 24.2. The molecule has 3 amide bonds. The minimum atomic E-state index is -0.258. The normalized spacial score (nSPS) is 16.2. The summed E-state index contributed by atoms with van der Waals surface area (Å²) in [6.45, 7) is 4.09. The van der Waals surface area contributed by atoms with Crippen LogP contribution in [0.5, 0.6) is 0 Å². The molecule has 1 aliphatic rings. The maximum atomic E-state index is 13.4. The Balaban J connectivity index is 1.47.